The quantitative estimate of drug-likeness (QED) is 0.0435. The smallest absolute Gasteiger partial charge is 0.213 e. The highest BCUT2D eigenvalue weighted by Crippen LogP contribution is 2.48. The highest BCUT2D eigenvalue weighted by atomic mass is 35.5. The van der Waals surface area contributed by atoms with Crippen molar-refractivity contribution in [3.63, 3.8) is 0 Å². The predicted molar refractivity (Wildman–Crippen MR) is 543 cm³/mol. The Kier molecular flexibility index (Phi) is 26.4. The number of nitrogens with one attached hydrogen (secondary N) is 5. The van der Waals surface area contributed by atoms with Crippen LogP contribution in [0.1, 0.15) is 22.3 Å². The Labute approximate surface area is 830 Å². The lowest BCUT2D eigenvalue weighted by atomic mass is 10.1. The molecule has 0 radical (unpaired) electrons. The molecular weight excluding hydrogens is 1890 g/mol. The van der Waals surface area contributed by atoms with Crippen LogP contribution in [0.2, 0.25) is 10.0 Å². The number of aliphatic hydroxyl groups excluding tert-OH is 1. The molecule has 0 saturated carbocycles. The van der Waals surface area contributed by atoms with Crippen molar-refractivity contribution in [3.8, 4) is 126 Å². The zero-order valence-electron chi connectivity index (χ0n) is 77.9. The molecule has 0 amide bonds. The molecule has 5 aliphatic heterocycles. The van der Waals surface area contributed by atoms with Crippen LogP contribution in [-0.2, 0) is 6.61 Å². The Morgan fingerprint density at radius 2 is 0.764 bits per heavy atom. The van der Waals surface area contributed by atoms with Crippen LogP contribution in [0.5, 0.6) is 69.0 Å². The van der Waals surface area contributed by atoms with E-state index in [9.17, 15) is 18.3 Å². The molecule has 25 rings (SSSR count). The van der Waals surface area contributed by atoms with Crippen molar-refractivity contribution in [3.05, 3.63) is 330 Å². The van der Waals surface area contributed by atoms with E-state index in [1.54, 1.807) is 103 Å². The second kappa shape index (κ2) is 41.0. The first-order valence-electron chi connectivity index (χ1n) is 45.9. The average molecular weight is 1970 g/mol. The molecule has 0 atom stereocenters. The topological polar surface area (TPSA) is 316 Å². The van der Waals surface area contributed by atoms with Crippen molar-refractivity contribution in [2.24, 2.45) is 0 Å². The minimum atomic E-state index is -0.545. The molecule has 0 bridgehead atoms. The highest BCUT2D eigenvalue weighted by Gasteiger charge is 2.29. The van der Waals surface area contributed by atoms with Gasteiger partial charge in [-0.2, -0.15) is 4.39 Å². The number of pyridine rings is 6. The number of anilines is 10. The number of ether oxygens (including phenoxy) is 12. The van der Waals surface area contributed by atoms with Gasteiger partial charge in [0.25, 0.3) is 0 Å². The van der Waals surface area contributed by atoms with Crippen molar-refractivity contribution in [1.29, 1.82) is 0 Å². The number of imidazole rings is 5. The van der Waals surface area contributed by atoms with E-state index in [0.717, 1.165) is 125 Å². The van der Waals surface area contributed by atoms with Gasteiger partial charge in [0.15, 0.2) is 63.1 Å². The van der Waals surface area contributed by atoms with Gasteiger partial charge < -0.3 is 88.5 Å². The largest absolute Gasteiger partial charge is 0.496 e. The van der Waals surface area contributed by atoms with E-state index in [2.05, 4.69) is 80.8 Å². The first-order valence-corrected chi connectivity index (χ1v) is 46.6. The summed E-state index contributed by atoms with van der Waals surface area (Å²) in [5.74, 6) is 10.4. The van der Waals surface area contributed by atoms with Gasteiger partial charge in [0.05, 0.1) is 65.1 Å². The molecule has 0 aliphatic carbocycles. The maximum absolute atomic E-state index is 14.7. The average Bonchev–Trinajstić information content (AvgIpc) is 1.79. The summed E-state index contributed by atoms with van der Waals surface area (Å²) in [6, 6.07) is 69.2. The molecule has 0 unspecified atom stereocenters. The zero-order chi connectivity index (χ0) is 98.4. The fraction of sp³-hybridized carbons (Fsp3) is 0.148. The summed E-state index contributed by atoms with van der Waals surface area (Å²) in [7, 11) is 3.29. The van der Waals surface area contributed by atoms with Crippen molar-refractivity contribution < 1.29 is 75.1 Å². The van der Waals surface area contributed by atoms with E-state index >= 15 is 0 Å². The molecule has 0 saturated heterocycles. The molecule has 5 aliphatic rings. The third kappa shape index (κ3) is 19.4. The number of nitrogens with zero attached hydrogens (tertiary/aromatic N) is 13. The summed E-state index contributed by atoms with van der Waals surface area (Å²) >= 11 is 12.6. The number of benzene rings is 8. The standard InChI is InChI=1S/C24H23N3O4.C22H17ClFN3O3.C21H17FN4O2.C21H18N4O2.C20H14ClFN4O2/c1-15-7-10-21-26-23(22-18(28-2)5-4-6-19(22)29-3)24(27(21)14-15)25-16-8-9-17-20(13-16)31-12-11-30-17;23-15-2-1-3-16(24)20(15)21-22(27-7-6-13(12-28)10-19(27)26-21)25-14-4-5-17-18(11-14)30-9-8-29-17;1-13-7-8-26-19(11-13)25-20(15-3-2-4-18(22)24-15)21(26)23-14-5-6-16-17(12-14)28-10-9-27-16;1-14-5-4-10-25-20(14)24-19(16-6-2-3-9-22-16)21(25)23-15-7-8-17-18(13-15)27-12-11-26-17;21-13-2-1-3-14(22)18(13)19-20(26-7-6-23-11-17(26)25-19)24-12-4-5-15-16(10-12)28-9-8-27-15/h4-10,13-14,25H,11-12H2,1-3H3;1-7,10-11,25,28H,8-9,12H2;2-8,11-12,23H,9-10H2,1H3;2-10,13,23H,11-12H2,1H3;1-7,10-11,24H,8-9H2. The van der Waals surface area contributed by atoms with Crippen LogP contribution < -0.4 is 83.4 Å². The van der Waals surface area contributed by atoms with Gasteiger partial charge in [-0.25, -0.2) is 38.7 Å². The first-order chi connectivity index (χ1) is 70.5. The van der Waals surface area contributed by atoms with E-state index in [0.29, 0.717) is 163 Å². The number of aliphatic hydroxyl groups is 1. The lowest BCUT2D eigenvalue weighted by molar-refractivity contribution is 0.171. The molecule has 31 nitrogen and oxygen atoms in total. The van der Waals surface area contributed by atoms with E-state index in [-0.39, 0.29) is 27.8 Å². The summed E-state index contributed by atoms with van der Waals surface area (Å²) in [6.45, 7) is 11.3. The summed E-state index contributed by atoms with van der Waals surface area (Å²) < 4.78 is 120. The fourth-order valence-corrected chi connectivity index (χ4v) is 17.4. The maximum Gasteiger partial charge on any atom is 0.213 e. The predicted octanol–water partition coefficient (Wildman–Crippen LogP) is 22.9. The van der Waals surface area contributed by atoms with Crippen LogP contribution in [-0.4, -0.2) is 147 Å². The van der Waals surface area contributed by atoms with Crippen LogP contribution in [0.15, 0.2) is 280 Å². The second-order valence-electron chi connectivity index (χ2n) is 33.2. The van der Waals surface area contributed by atoms with Crippen LogP contribution in [0.4, 0.5) is 70.7 Å². The van der Waals surface area contributed by atoms with E-state index in [1.807, 2.05) is 192 Å². The monoisotopic (exact) mass is 1970 g/mol. The Balaban J connectivity index is 0.000000106. The number of fused-ring (bicyclic) bond motifs is 10. The van der Waals surface area contributed by atoms with Crippen LogP contribution >= 0.6 is 23.2 Å². The molecule has 144 heavy (non-hydrogen) atoms. The van der Waals surface area contributed by atoms with E-state index in [4.69, 9.17) is 90.0 Å². The SMILES string of the molecule is COc1cccc(OC)c1-c1nc2ccc(C)cn2c1Nc1ccc2c(c1)OCCO2.Cc1cccn2c(Nc3ccc4c(c3)OCCO4)c(-c3ccccn3)nc12.Cc1ccn2c(Nc3ccc4c(c3)OCCO4)c(-c3cccc(F)n3)nc2c1.Fc1cccc(Cl)c1-c1nc2cnccn2c1Nc1ccc2c(c1)OCCO2.OCc1ccn2c(Nc3ccc4c(c3)OCCO4)c(-c3c(F)cccc3Cl)nc2c1. The Hall–Kier alpha value is -17.6. The molecule has 20 aromatic rings. The number of rotatable bonds is 18. The van der Waals surface area contributed by atoms with Crippen LogP contribution in [0, 0.1) is 38.4 Å². The van der Waals surface area contributed by atoms with Gasteiger partial charge in [-0.15, -0.1) is 0 Å². The van der Waals surface area contributed by atoms with Crippen LogP contribution in [0.25, 0.3) is 84.8 Å². The lowest BCUT2D eigenvalue weighted by Crippen LogP contribution is -2.15. The lowest BCUT2D eigenvalue weighted by Gasteiger charge is -2.19. The first kappa shape index (κ1) is 92.7. The summed E-state index contributed by atoms with van der Waals surface area (Å²) in [4.78, 5) is 36.2. The fourth-order valence-electron chi connectivity index (χ4n) is 16.9. The van der Waals surface area contributed by atoms with Gasteiger partial charge in [0, 0.05) is 102 Å². The number of aromatic nitrogens is 13. The molecule has 12 aromatic heterocycles. The van der Waals surface area contributed by atoms with Gasteiger partial charge in [0.1, 0.15) is 169 Å². The molecular formula is C108H89Cl2F3N18O13. The number of hydrogen-bond acceptors (Lipinski definition) is 26. The minimum Gasteiger partial charge on any atom is -0.496 e. The Morgan fingerprint density at radius 1 is 0.340 bits per heavy atom. The number of aryl methyl sites for hydroxylation is 3. The highest BCUT2D eigenvalue weighted by molar-refractivity contribution is 6.34. The van der Waals surface area contributed by atoms with Gasteiger partial charge in [-0.05, 0) is 201 Å². The van der Waals surface area contributed by atoms with Gasteiger partial charge >= 0.3 is 0 Å². The summed E-state index contributed by atoms with van der Waals surface area (Å²) in [5.41, 5.74) is 17.0. The number of methoxy groups -OCH3 is 2. The molecule has 17 heterocycles. The normalized spacial score (nSPS) is 12.9. The molecule has 36 heteroatoms. The van der Waals surface area contributed by atoms with Gasteiger partial charge in [-0.1, -0.05) is 65.7 Å². The molecule has 6 N–H and O–H groups in total. The molecule has 724 valence electrons. The van der Waals surface area contributed by atoms with Crippen molar-refractivity contribution in [2.75, 3.05) is 107 Å². The number of halogens is 5. The molecule has 8 aromatic carbocycles. The van der Waals surface area contributed by atoms with Crippen molar-refractivity contribution in [1.82, 2.24) is 61.9 Å². The van der Waals surface area contributed by atoms with Crippen LogP contribution in [0.3, 0.4) is 0 Å². The second-order valence-corrected chi connectivity index (χ2v) is 34.0. The molecule has 0 fully saturated rings. The van der Waals surface area contributed by atoms with E-state index in [1.165, 1.54) is 18.2 Å². The third-order valence-corrected chi connectivity index (χ3v) is 24.3. The van der Waals surface area contributed by atoms with Crippen molar-refractivity contribution >= 4 is 109 Å². The van der Waals surface area contributed by atoms with E-state index < -0.39 is 17.6 Å². The number of hydrogen-bond donors (Lipinski definition) is 6. The summed E-state index contributed by atoms with van der Waals surface area (Å²) in [6.07, 6.45) is 14.5. The summed E-state index contributed by atoms with van der Waals surface area (Å²) in [5, 5.41) is 27.0. The van der Waals surface area contributed by atoms with Crippen molar-refractivity contribution in [2.45, 2.75) is 27.4 Å². The van der Waals surface area contributed by atoms with Gasteiger partial charge in [0.2, 0.25) is 5.95 Å². The Morgan fingerprint density at radius 3 is 1.25 bits per heavy atom. The third-order valence-electron chi connectivity index (χ3n) is 23.7. The van der Waals surface area contributed by atoms with Gasteiger partial charge in [-0.3, -0.25) is 32.0 Å². The molecule has 0 spiro atoms. The minimum absolute atomic E-state index is 0.121. The Bertz CT molecular complexity index is 8170. The maximum atomic E-state index is 14.7. The zero-order valence-corrected chi connectivity index (χ0v) is 79.4.